The Kier molecular flexibility index (Phi) is 12.1. The van der Waals surface area contributed by atoms with E-state index >= 15 is 0 Å². The van der Waals surface area contributed by atoms with Crippen molar-refractivity contribution in [3.05, 3.63) is 18.2 Å². The van der Waals surface area contributed by atoms with E-state index in [9.17, 15) is 0 Å². The quantitative estimate of drug-likeness (QED) is 0.360. The second kappa shape index (κ2) is 13.8. The molecule has 0 aliphatic rings. The number of aromatic nitrogens is 2. The second-order valence-electron chi connectivity index (χ2n) is 6.85. The Morgan fingerprint density at radius 2 is 1.41 bits per heavy atom. The van der Waals surface area contributed by atoms with Crippen LogP contribution < -0.4 is 0 Å². The zero-order chi connectivity index (χ0) is 15.9. The highest BCUT2D eigenvalue weighted by molar-refractivity contribution is 4.87. The van der Waals surface area contributed by atoms with E-state index in [1.54, 1.807) is 0 Å². The third kappa shape index (κ3) is 10.0. The van der Waals surface area contributed by atoms with Gasteiger partial charge in [0.2, 0.25) is 0 Å². The van der Waals surface area contributed by atoms with Crippen LogP contribution in [0.2, 0.25) is 0 Å². The van der Waals surface area contributed by atoms with Gasteiger partial charge in [0.1, 0.15) is 5.82 Å². The zero-order valence-electron chi connectivity index (χ0n) is 15.1. The summed E-state index contributed by atoms with van der Waals surface area (Å²) in [7, 11) is 0. The van der Waals surface area contributed by atoms with Gasteiger partial charge < -0.3 is 4.98 Å². The summed E-state index contributed by atoms with van der Waals surface area (Å²) in [5.74, 6) is 2.08. The maximum Gasteiger partial charge on any atom is 0.106 e. The molecular weight excluding hydrogens is 268 g/mol. The molecule has 0 aliphatic heterocycles. The number of H-pyrrole nitrogens is 1. The summed E-state index contributed by atoms with van der Waals surface area (Å²) in [5.41, 5.74) is 0. The monoisotopic (exact) mass is 306 g/mol. The summed E-state index contributed by atoms with van der Waals surface area (Å²) in [6.07, 6.45) is 23.2. The lowest BCUT2D eigenvalue weighted by atomic mass is 9.90. The first-order chi connectivity index (χ1) is 10.9. The summed E-state index contributed by atoms with van der Waals surface area (Å²) in [6, 6.07) is 0. The summed E-state index contributed by atoms with van der Waals surface area (Å²) >= 11 is 0. The molecule has 0 radical (unpaired) electrons. The van der Waals surface area contributed by atoms with Crippen molar-refractivity contribution in [3.8, 4) is 0 Å². The maximum atomic E-state index is 4.37. The van der Waals surface area contributed by atoms with Crippen LogP contribution in [0.3, 0.4) is 0 Å². The molecule has 0 fully saturated rings. The normalized spacial score (nSPS) is 11.4. The first kappa shape index (κ1) is 19.3. The van der Waals surface area contributed by atoms with Crippen molar-refractivity contribution in [1.82, 2.24) is 9.97 Å². The molecule has 0 saturated heterocycles. The van der Waals surface area contributed by atoms with E-state index in [0.717, 1.165) is 12.3 Å². The molecule has 0 spiro atoms. The van der Waals surface area contributed by atoms with Crippen LogP contribution in [0.15, 0.2) is 12.4 Å². The molecule has 22 heavy (non-hydrogen) atoms. The third-order valence-electron chi connectivity index (χ3n) is 4.78. The van der Waals surface area contributed by atoms with Crippen LogP contribution in [0, 0.1) is 5.92 Å². The van der Waals surface area contributed by atoms with E-state index in [1.807, 2.05) is 12.4 Å². The van der Waals surface area contributed by atoms with Gasteiger partial charge in [-0.25, -0.2) is 4.98 Å². The molecule has 0 unspecified atom stereocenters. The Hall–Kier alpha value is -0.790. The van der Waals surface area contributed by atoms with E-state index in [2.05, 4.69) is 23.8 Å². The lowest BCUT2D eigenvalue weighted by Gasteiger charge is -2.16. The van der Waals surface area contributed by atoms with Gasteiger partial charge in [0, 0.05) is 18.8 Å². The Bertz CT molecular complexity index is 304. The summed E-state index contributed by atoms with van der Waals surface area (Å²) in [6.45, 7) is 4.59. The fourth-order valence-corrected chi connectivity index (χ4v) is 3.28. The van der Waals surface area contributed by atoms with Crippen LogP contribution >= 0.6 is 0 Å². The Labute approximate surface area is 138 Å². The molecule has 1 aromatic heterocycles. The van der Waals surface area contributed by atoms with Crippen molar-refractivity contribution in [1.29, 1.82) is 0 Å². The average Bonchev–Trinajstić information content (AvgIpc) is 3.04. The van der Waals surface area contributed by atoms with Gasteiger partial charge in [-0.05, 0) is 12.3 Å². The van der Waals surface area contributed by atoms with Gasteiger partial charge >= 0.3 is 0 Å². The predicted molar refractivity (Wildman–Crippen MR) is 97.2 cm³/mol. The van der Waals surface area contributed by atoms with E-state index in [1.165, 1.54) is 89.3 Å². The van der Waals surface area contributed by atoms with Crippen molar-refractivity contribution in [3.63, 3.8) is 0 Å². The van der Waals surface area contributed by atoms with Crippen LogP contribution in [-0.4, -0.2) is 9.97 Å². The highest BCUT2D eigenvalue weighted by Gasteiger charge is 2.09. The third-order valence-corrected chi connectivity index (χ3v) is 4.78. The van der Waals surface area contributed by atoms with Gasteiger partial charge in [-0.1, -0.05) is 90.9 Å². The van der Waals surface area contributed by atoms with Crippen molar-refractivity contribution in [2.45, 2.75) is 104 Å². The number of aromatic amines is 1. The molecular formula is C20H38N2. The van der Waals surface area contributed by atoms with Gasteiger partial charge in [0.25, 0.3) is 0 Å². The number of nitrogens with zero attached hydrogens (tertiary/aromatic N) is 1. The van der Waals surface area contributed by atoms with Gasteiger partial charge in [0.15, 0.2) is 0 Å². The predicted octanol–water partition coefficient (Wildman–Crippen LogP) is 6.68. The van der Waals surface area contributed by atoms with Crippen LogP contribution in [0.5, 0.6) is 0 Å². The van der Waals surface area contributed by atoms with Gasteiger partial charge in [-0.2, -0.15) is 0 Å². The van der Waals surface area contributed by atoms with E-state index in [4.69, 9.17) is 0 Å². The molecule has 0 aromatic carbocycles. The molecule has 1 heterocycles. The van der Waals surface area contributed by atoms with Gasteiger partial charge in [0.05, 0.1) is 0 Å². The number of hydrogen-bond acceptors (Lipinski definition) is 1. The van der Waals surface area contributed by atoms with Crippen LogP contribution in [0.4, 0.5) is 0 Å². The lowest BCUT2D eigenvalue weighted by Crippen LogP contribution is -2.04. The minimum atomic E-state index is 0.911. The molecule has 0 amide bonds. The number of unbranched alkanes of at least 4 members (excludes halogenated alkanes) is 8. The van der Waals surface area contributed by atoms with E-state index < -0.39 is 0 Å². The number of rotatable bonds is 15. The number of aryl methyl sites for hydroxylation is 1. The molecule has 1 rings (SSSR count). The first-order valence-electron chi connectivity index (χ1n) is 9.85. The molecule has 0 bridgehead atoms. The minimum Gasteiger partial charge on any atom is -0.349 e. The van der Waals surface area contributed by atoms with Crippen LogP contribution in [0.1, 0.15) is 103 Å². The number of nitrogens with one attached hydrogen (secondary N) is 1. The van der Waals surface area contributed by atoms with Crippen LogP contribution in [-0.2, 0) is 6.42 Å². The Morgan fingerprint density at radius 1 is 0.818 bits per heavy atom. The smallest absolute Gasteiger partial charge is 0.106 e. The molecule has 0 aliphatic carbocycles. The molecule has 0 atom stereocenters. The van der Waals surface area contributed by atoms with Crippen molar-refractivity contribution < 1.29 is 0 Å². The van der Waals surface area contributed by atoms with Crippen molar-refractivity contribution in [2.75, 3.05) is 0 Å². The summed E-state index contributed by atoms with van der Waals surface area (Å²) in [5, 5.41) is 0. The SMILES string of the molecule is CCCCCCCC(CCCCCCC)CCc1ncc[nH]1. The Balaban J connectivity index is 2.19. The fraction of sp³-hybridized carbons (Fsp3) is 0.850. The number of hydrogen-bond donors (Lipinski definition) is 1. The maximum absolute atomic E-state index is 4.37. The lowest BCUT2D eigenvalue weighted by molar-refractivity contribution is 0.379. The number of imidazole rings is 1. The van der Waals surface area contributed by atoms with Crippen molar-refractivity contribution in [2.24, 2.45) is 5.92 Å². The summed E-state index contributed by atoms with van der Waals surface area (Å²) in [4.78, 5) is 7.62. The molecule has 0 saturated carbocycles. The zero-order valence-corrected chi connectivity index (χ0v) is 15.1. The molecule has 2 nitrogen and oxygen atoms in total. The van der Waals surface area contributed by atoms with Gasteiger partial charge in [-0.3, -0.25) is 0 Å². The topological polar surface area (TPSA) is 28.7 Å². The standard InChI is InChI=1S/C20H38N2/c1-3-5-7-9-11-13-19(14-12-10-8-6-4-2)15-16-20-21-17-18-22-20/h17-19H,3-16H2,1-2H3,(H,21,22). The Morgan fingerprint density at radius 3 is 1.91 bits per heavy atom. The highest BCUT2D eigenvalue weighted by Crippen LogP contribution is 2.23. The molecule has 2 heteroatoms. The van der Waals surface area contributed by atoms with Crippen LogP contribution in [0.25, 0.3) is 0 Å². The van der Waals surface area contributed by atoms with E-state index in [-0.39, 0.29) is 0 Å². The van der Waals surface area contributed by atoms with E-state index in [0.29, 0.717) is 0 Å². The molecule has 1 aromatic rings. The van der Waals surface area contributed by atoms with Gasteiger partial charge in [-0.15, -0.1) is 0 Å². The average molecular weight is 307 g/mol. The minimum absolute atomic E-state index is 0.911. The second-order valence-corrected chi connectivity index (χ2v) is 6.85. The largest absolute Gasteiger partial charge is 0.349 e. The highest BCUT2D eigenvalue weighted by atomic mass is 14.9. The van der Waals surface area contributed by atoms with Crippen molar-refractivity contribution >= 4 is 0 Å². The first-order valence-corrected chi connectivity index (χ1v) is 9.85. The summed E-state index contributed by atoms with van der Waals surface area (Å²) < 4.78 is 0. The molecule has 1 N–H and O–H groups in total. The fourth-order valence-electron chi connectivity index (χ4n) is 3.28. The molecule has 128 valence electrons.